The standard InChI is InChI=1S/C19H30N2/c1-16-7-9-19(10-8-16)20-12-14-21-13-11-18(15-21)17-5-3-2-4-6-17/h2-6,16,18-20H,7-15H2,1H3. The lowest BCUT2D eigenvalue weighted by atomic mass is 9.87. The molecule has 0 bridgehead atoms. The van der Waals surface area contributed by atoms with E-state index in [4.69, 9.17) is 0 Å². The molecule has 1 aromatic carbocycles. The first-order chi connectivity index (χ1) is 10.3. The van der Waals surface area contributed by atoms with Crippen LogP contribution >= 0.6 is 0 Å². The van der Waals surface area contributed by atoms with E-state index < -0.39 is 0 Å². The van der Waals surface area contributed by atoms with Crippen molar-refractivity contribution in [2.45, 2.75) is 51.0 Å². The van der Waals surface area contributed by atoms with Crippen LogP contribution in [0.5, 0.6) is 0 Å². The van der Waals surface area contributed by atoms with Gasteiger partial charge in [0.2, 0.25) is 0 Å². The predicted molar refractivity (Wildman–Crippen MR) is 89.7 cm³/mol. The summed E-state index contributed by atoms with van der Waals surface area (Å²) in [5, 5.41) is 3.78. The third kappa shape index (κ3) is 4.31. The van der Waals surface area contributed by atoms with Crippen molar-refractivity contribution in [1.82, 2.24) is 10.2 Å². The lowest BCUT2D eigenvalue weighted by Gasteiger charge is -2.28. The van der Waals surface area contributed by atoms with Crippen molar-refractivity contribution < 1.29 is 0 Å². The highest BCUT2D eigenvalue weighted by Crippen LogP contribution is 2.26. The molecule has 0 radical (unpaired) electrons. The van der Waals surface area contributed by atoms with E-state index in [2.05, 4.69) is 47.5 Å². The average molecular weight is 286 g/mol. The summed E-state index contributed by atoms with van der Waals surface area (Å²) >= 11 is 0. The molecule has 2 nitrogen and oxygen atoms in total. The van der Waals surface area contributed by atoms with Gasteiger partial charge in [0.1, 0.15) is 0 Å². The summed E-state index contributed by atoms with van der Waals surface area (Å²) in [5.74, 6) is 1.70. The number of nitrogens with zero attached hydrogens (tertiary/aromatic N) is 1. The first-order valence-electron chi connectivity index (χ1n) is 8.82. The topological polar surface area (TPSA) is 15.3 Å². The quantitative estimate of drug-likeness (QED) is 0.889. The fraction of sp³-hybridized carbons (Fsp3) is 0.684. The fourth-order valence-electron chi connectivity index (χ4n) is 3.92. The second kappa shape index (κ2) is 7.42. The third-order valence-electron chi connectivity index (χ3n) is 5.42. The van der Waals surface area contributed by atoms with Crippen LogP contribution in [0, 0.1) is 5.92 Å². The number of hydrogen-bond donors (Lipinski definition) is 1. The Morgan fingerprint density at radius 3 is 2.57 bits per heavy atom. The normalized spacial score (nSPS) is 30.6. The molecule has 116 valence electrons. The summed E-state index contributed by atoms with van der Waals surface area (Å²) in [6, 6.07) is 11.8. The zero-order valence-corrected chi connectivity index (χ0v) is 13.4. The molecule has 1 atom stereocenters. The number of rotatable bonds is 5. The molecule has 1 heterocycles. The summed E-state index contributed by atoms with van der Waals surface area (Å²) in [6.07, 6.45) is 6.92. The molecular formula is C19H30N2. The second-order valence-electron chi connectivity index (χ2n) is 7.11. The summed E-state index contributed by atoms with van der Waals surface area (Å²) in [7, 11) is 0. The van der Waals surface area contributed by atoms with E-state index in [1.807, 2.05) is 0 Å². The second-order valence-corrected chi connectivity index (χ2v) is 7.11. The van der Waals surface area contributed by atoms with Gasteiger partial charge in [-0.1, -0.05) is 37.3 Å². The van der Waals surface area contributed by atoms with Crippen LogP contribution in [0.15, 0.2) is 30.3 Å². The van der Waals surface area contributed by atoms with E-state index in [0.29, 0.717) is 0 Å². The fourth-order valence-corrected chi connectivity index (χ4v) is 3.92. The molecule has 1 saturated carbocycles. The Labute approximate surface area is 129 Å². The summed E-state index contributed by atoms with van der Waals surface area (Å²) in [6.45, 7) is 7.29. The Hall–Kier alpha value is -0.860. The van der Waals surface area contributed by atoms with Gasteiger partial charge in [-0.3, -0.25) is 0 Å². The number of benzene rings is 1. The maximum Gasteiger partial charge on any atom is 0.0107 e. The largest absolute Gasteiger partial charge is 0.313 e. The van der Waals surface area contributed by atoms with Crippen molar-refractivity contribution in [1.29, 1.82) is 0 Å². The molecule has 2 fully saturated rings. The molecular weight excluding hydrogens is 256 g/mol. The first kappa shape index (κ1) is 15.1. The van der Waals surface area contributed by atoms with Crippen molar-refractivity contribution in [3.05, 3.63) is 35.9 Å². The highest BCUT2D eigenvalue weighted by Gasteiger charge is 2.23. The lowest BCUT2D eigenvalue weighted by molar-refractivity contribution is 0.281. The van der Waals surface area contributed by atoms with Crippen LogP contribution in [0.2, 0.25) is 0 Å². The van der Waals surface area contributed by atoms with Gasteiger partial charge in [-0.2, -0.15) is 0 Å². The van der Waals surface area contributed by atoms with Crippen LogP contribution in [-0.2, 0) is 0 Å². The Kier molecular flexibility index (Phi) is 5.32. The van der Waals surface area contributed by atoms with Crippen LogP contribution in [0.25, 0.3) is 0 Å². The zero-order chi connectivity index (χ0) is 14.5. The van der Waals surface area contributed by atoms with Gasteiger partial charge in [0.05, 0.1) is 0 Å². The van der Waals surface area contributed by atoms with Crippen LogP contribution < -0.4 is 5.32 Å². The summed E-state index contributed by atoms with van der Waals surface area (Å²) < 4.78 is 0. The Morgan fingerprint density at radius 1 is 1.05 bits per heavy atom. The number of likely N-dealkylation sites (tertiary alicyclic amines) is 1. The molecule has 2 heteroatoms. The van der Waals surface area contributed by atoms with E-state index in [1.165, 1.54) is 63.8 Å². The highest BCUT2D eigenvalue weighted by molar-refractivity contribution is 5.20. The molecule has 1 N–H and O–H groups in total. The first-order valence-corrected chi connectivity index (χ1v) is 8.82. The minimum atomic E-state index is 0.752. The van der Waals surface area contributed by atoms with E-state index >= 15 is 0 Å². The highest BCUT2D eigenvalue weighted by atomic mass is 15.2. The lowest BCUT2D eigenvalue weighted by Crippen LogP contribution is -2.38. The van der Waals surface area contributed by atoms with Gasteiger partial charge in [-0.15, -0.1) is 0 Å². The molecule has 0 amide bonds. The van der Waals surface area contributed by atoms with Gasteiger partial charge in [-0.25, -0.2) is 0 Å². The van der Waals surface area contributed by atoms with Crippen LogP contribution in [0.4, 0.5) is 0 Å². The Morgan fingerprint density at radius 2 is 1.81 bits per heavy atom. The maximum atomic E-state index is 3.78. The monoisotopic (exact) mass is 286 g/mol. The molecule has 0 aromatic heterocycles. The molecule has 0 spiro atoms. The SMILES string of the molecule is CC1CCC(NCCN2CCC(c3ccccc3)C2)CC1. The number of nitrogens with one attached hydrogen (secondary N) is 1. The van der Waals surface area contributed by atoms with Crippen LogP contribution in [0.1, 0.15) is 50.5 Å². The van der Waals surface area contributed by atoms with Gasteiger partial charge in [0.25, 0.3) is 0 Å². The molecule has 21 heavy (non-hydrogen) atoms. The van der Waals surface area contributed by atoms with Crippen molar-refractivity contribution in [3.8, 4) is 0 Å². The predicted octanol–water partition coefficient (Wildman–Crippen LogP) is 3.64. The number of hydrogen-bond acceptors (Lipinski definition) is 2. The molecule has 1 aliphatic heterocycles. The van der Waals surface area contributed by atoms with Crippen LogP contribution in [0.3, 0.4) is 0 Å². The van der Waals surface area contributed by atoms with Gasteiger partial charge in [0, 0.05) is 25.7 Å². The smallest absolute Gasteiger partial charge is 0.0107 e. The minimum Gasteiger partial charge on any atom is -0.313 e. The van der Waals surface area contributed by atoms with Gasteiger partial charge in [-0.05, 0) is 56.0 Å². The van der Waals surface area contributed by atoms with Crippen molar-refractivity contribution >= 4 is 0 Å². The van der Waals surface area contributed by atoms with Crippen molar-refractivity contribution in [2.75, 3.05) is 26.2 Å². The molecule has 2 aliphatic rings. The minimum absolute atomic E-state index is 0.752. The van der Waals surface area contributed by atoms with Crippen molar-refractivity contribution in [2.24, 2.45) is 5.92 Å². The van der Waals surface area contributed by atoms with Gasteiger partial charge >= 0.3 is 0 Å². The molecule has 1 aliphatic carbocycles. The van der Waals surface area contributed by atoms with Crippen molar-refractivity contribution in [3.63, 3.8) is 0 Å². The Bertz CT molecular complexity index is 409. The van der Waals surface area contributed by atoms with E-state index in [9.17, 15) is 0 Å². The molecule has 1 saturated heterocycles. The summed E-state index contributed by atoms with van der Waals surface area (Å²) in [4.78, 5) is 2.64. The van der Waals surface area contributed by atoms with E-state index in [0.717, 1.165) is 17.9 Å². The molecule has 1 unspecified atom stereocenters. The molecule has 3 rings (SSSR count). The molecule has 1 aromatic rings. The zero-order valence-electron chi connectivity index (χ0n) is 13.4. The Balaban J connectivity index is 1.36. The van der Waals surface area contributed by atoms with Crippen LogP contribution in [-0.4, -0.2) is 37.1 Å². The van der Waals surface area contributed by atoms with E-state index in [1.54, 1.807) is 0 Å². The summed E-state index contributed by atoms with van der Waals surface area (Å²) in [5.41, 5.74) is 1.52. The van der Waals surface area contributed by atoms with Gasteiger partial charge in [0.15, 0.2) is 0 Å². The van der Waals surface area contributed by atoms with Gasteiger partial charge < -0.3 is 10.2 Å². The third-order valence-corrected chi connectivity index (χ3v) is 5.42. The maximum absolute atomic E-state index is 3.78. The average Bonchev–Trinajstić information content (AvgIpc) is 2.99. The van der Waals surface area contributed by atoms with E-state index in [-0.39, 0.29) is 0 Å².